The van der Waals surface area contributed by atoms with Crippen LogP contribution in [0.2, 0.25) is 0 Å². The predicted octanol–water partition coefficient (Wildman–Crippen LogP) is 25.8. The fraction of sp³-hybridized carbons (Fsp3) is 0.960. The Morgan fingerprint density at radius 3 is 0.494 bits per heavy atom. The summed E-state index contributed by atoms with van der Waals surface area (Å²) in [5.41, 5.74) is 0. The Morgan fingerprint density at radius 1 is 0.198 bits per heavy atom. The molecule has 0 aromatic carbocycles. The van der Waals surface area contributed by atoms with Crippen molar-refractivity contribution >= 4 is 17.9 Å². The molecule has 0 spiro atoms. The summed E-state index contributed by atoms with van der Waals surface area (Å²) < 4.78 is 17.0. The van der Waals surface area contributed by atoms with Crippen molar-refractivity contribution in [2.24, 2.45) is 0 Å². The number of ether oxygens (including phenoxy) is 3. The molecule has 0 rings (SSSR count). The van der Waals surface area contributed by atoms with Gasteiger partial charge in [-0.1, -0.05) is 406 Å². The summed E-state index contributed by atoms with van der Waals surface area (Å²) in [6.45, 7) is 6.73. The molecule has 81 heavy (non-hydrogen) atoms. The van der Waals surface area contributed by atoms with Crippen molar-refractivity contribution in [3.05, 3.63) is 0 Å². The van der Waals surface area contributed by atoms with Gasteiger partial charge in [-0.15, -0.1) is 0 Å². The number of hydrogen-bond acceptors (Lipinski definition) is 6. The van der Waals surface area contributed by atoms with E-state index in [1.807, 2.05) is 0 Å². The highest BCUT2D eigenvalue weighted by Crippen LogP contribution is 2.20. The van der Waals surface area contributed by atoms with Gasteiger partial charge in [-0.25, -0.2) is 0 Å². The fourth-order valence-corrected chi connectivity index (χ4v) is 12.0. The molecule has 0 aliphatic heterocycles. The van der Waals surface area contributed by atoms with E-state index < -0.39 is 6.10 Å². The third-order valence-corrected chi connectivity index (χ3v) is 17.6. The molecule has 0 bridgehead atoms. The molecule has 0 aliphatic rings. The lowest BCUT2D eigenvalue weighted by molar-refractivity contribution is -0.167. The van der Waals surface area contributed by atoms with E-state index in [1.54, 1.807) is 0 Å². The highest BCUT2D eigenvalue weighted by Gasteiger charge is 2.20. The van der Waals surface area contributed by atoms with Gasteiger partial charge in [-0.2, -0.15) is 0 Å². The van der Waals surface area contributed by atoms with E-state index in [2.05, 4.69) is 20.8 Å². The molecule has 0 saturated heterocycles. The van der Waals surface area contributed by atoms with Gasteiger partial charge < -0.3 is 14.2 Å². The quantitative estimate of drug-likeness (QED) is 0.0343. The Labute approximate surface area is 508 Å². The Kier molecular flexibility index (Phi) is 69.5. The molecule has 0 aromatic rings. The van der Waals surface area contributed by atoms with Crippen LogP contribution in [0.1, 0.15) is 445 Å². The highest BCUT2D eigenvalue weighted by molar-refractivity contribution is 5.71. The summed E-state index contributed by atoms with van der Waals surface area (Å²) in [7, 11) is 0. The second kappa shape index (κ2) is 70.9. The van der Waals surface area contributed by atoms with Gasteiger partial charge in [0.1, 0.15) is 13.2 Å². The molecular formula is C75H146O6. The summed E-state index contributed by atoms with van der Waals surface area (Å²) in [5, 5.41) is 0. The van der Waals surface area contributed by atoms with Crippen LogP contribution >= 0.6 is 0 Å². The van der Waals surface area contributed by atoms with E-state index in [4.69, 9.17) is 14.2 Å². The van der Waals surface area contributed by atoms with Crippen LogP contribution in [0.3, 0.4) is 0 Å². The van der Waals surface area contributed by atoms with Crippen molar-refractivity contribution in [2.75, 3.05) is 13.2 Å². The minimum absolute atomic E-state index is 0.0605. The second-order valence-electron chi connectivity index (χ2n) is 25.9. The van der Waals surface area contributed by atoms with E-state index in [0.29, 0.717) is 19.3 Å². The zero-order chi connectivity index (χ0) is 58.5. The number of rotatable bonds is 71. The van der Waals surface area contributed by atoms with Gasteiger partial charge >= 0.3 is 17.9 Å². The molecule has 0 aliphatic carbocycles. The second-order valence-corrected chi connectivity index (χ2v) is 25.9. The molecule has 0 N–H and O–H groups in total. The molecule has 6 nitrogen and oxygen atoms in total. The van der Waals surface area contributed by atoms with Crippen molar-refractivity contribution < 1.29 is 28.6 Å². The van der Waals surface area contributed by atoms with E-state index in [1.165, 1.54) is 347 Å². The SMILES string of the molecule is CCCCCCCCCCCCCCCCCCCCCCCCCCCCCCCCCCC(=O)OCC(COC(=O)CCCCCCCCCCCC)OC(=O)CCCCCCCCCCCCCCCCCCCCCCC. The van der Waals surface area contributed by atoms with E-state index >= 15 is 0 Å². The third kappa shape index (κ3) is 69.1. The van der Waals surface area contributed by atoms with Crippen LogP contribution in [0, 0.1) is 0 Å². The van der Waals surface area contributed by atoms with Crippen molar-refractivity contribution in [1.29, 1.82) is 0 Å². The molecule has 0 aromatic heterocycles. The summed E-state index contributed by atoms with van der Waals surface area (Å²) in [5.74, 6) is -0.823. The first-order chi connectivity index (χ1) is 40.0. The van der Waals surface area contributed by atoms with Crippen LogP contribution in [-0.4, -0.2) is 37.2 Å². The Morgan fingerprint density at radius 2 is 0.333 bits per heavy atom. The van der Waals surface area contributed by atoms with Crippen LogP contribution in [0.15, 0.2) is 0 Å². The molecule has 0 fully saturated rings. The van der Waals surface area contributed by atoms with Gasteiger partial charge in [0, 0.05) is 19.3 Å². The van der Waals surface area contributed by atoms with Crippen molar-refractivity contribution in [2.45, 2.75) is 451 Å². The van der Waals surface area contributed by atoms with Crippen LogP contribution < -0.4 is 0 Å². The first-order valence-corrected chi connectivity index (χ1v) is 37.5. The molecule has 0 saturated carbocycles. The number of hydrogen-bond donors (Lipinski definition) is 0. The molecule has 6 heteroatoms. The molecule has 1 unspecified atom stereocenters. The van der Waals surface area contributed by atoms with Crippen LogP contribution in [0.4, 0.5) is 0 Å². The van der Waals surface area contributed by atoms with Crippen LogP contribution in [0.25, 0.3) is 0 Å². The van der Waals surface area contributed by atoms with Crippen molar-refractivity contribution in [3.8, 4) is 0 Å². The van der Waals surface area contributed by atoms with Gasteiger partial charge in [-0.3, -0.25) is 14.4 Å². The molecule has 0 heterocycles. The summed E-state index contributed by atoms with van der Waals surface area (Å²) in [6.07, 6.45) is 84.6. The fourth-order valence-electron chi connectivity index (χ4n) is 12.0. The van der Waals surface area contributed by atoms with Gasteiger partial charge in [-0.05, 0) is 19.3 Å². The zero-order valence-electron chi connectivity index (χ0n) is 55.6. The van der Waals surface area contributed by atoms with E-state index in [0.717, 1.165) is 57.8 Å². The third-order valence-electron chi connectivity index (χ3n) is 17.6. The minimum Gasteiger partial charge on any atom is -0.462 e. The molecule has 0 amide bonds. The van der Waals surface area contributed by atoms with Crippen molar-refractivity contribution in [3.63, 3.8) is 0 Å². The Bertz CT molecular complexity index is 1220. The topological polar surface area (TPSA) is 78.9 Å². The number of carbonyl (C=O) groups excluding carboxylic acids is 3. The monoisotopic (exact) mass is 1140 g/mol. The largest absolute Gasteiger partial charge is 0.462 e. The van der Waals surface area contributed by atoms with Gasteiger partial charge in [0.15, 0.2) is 6.10 Å². The summed E-state index contributed by atoms with van der Waals surface area (Å²) in [6, 6.07) is 0. The smallest absolute Gasteiger partial charge is 0.306 e. The predicted molar refractivity (Wildman–Crippen MR) is 354 cm³/mol. The lowest BCUT2D eigenvalue weighted by atomic mass is 10.0. The van der Waals surface area contributed by atoms with Crippen molar-refractivity contribution in [1.82, 2.24) is 0 Å². The van der Waals surface area contributed by atoms with Crippen LogP contribution in [0.5, 0.6) is 0 Å². The maximum atomic E-state index is 12.9. The number of carbonyl (C=O) groups is 3. The lowest BCUT2D eigenvalue weighted by Crippen LogP contribution is -2.30. The van der Waals surface area contributed by atoms with Crippen LogP contribution in [-0.2, 0) is 28.6 Å². The van der Waals surface area contributed by atoms with Gasteiger partial charge in [0.2, 0.25) is 0 Å². The maximum absolute atomic E-state index is 12.9. The average Bonchev–Trinajstić information content (AvgIpc) is 3.47. The standard InChI is InChI=1S/C75H146O6/c1-4-7-10-13-16-19-22-24-26-28-30-32-33-34-35-36-37-38-39-40-41-42-44-45-47-49-51-53-56-59-62-65-68-74(77)80-71-72(70-79-73(76)67-64-61-58-55-21-18-15-12-9-6-3)81-75(78)69-66-63-60-57-54-52-50-48-46-43-31-29-27-25-23-20-17-14-11-8-5-2/h72H,4-71H2,1-3H3. The normalized spacial score (nSPS) is 11.9. The minimum atomic E-state index is -0.763. The molecular weight excluding hydrogens is 997 g/mol. The average molecular weight is 1140 g/mol. The van der Waals surface area contributed by atoms with Gasteiger partial charge in [0.25, 0.3) is 0 Å². The molecule has 482 valence electrons. The molecule has 1 atom stereocenters. The van der Waals surface area contributed by atoms with E-state index in [-0.39, 0.29) is 31.1 Å². The maximum Gasteiger partial charge on any atom is 0.306 e. The summed E-state index contributed by atoms with van der Waals surface area (Å²) >= 11 is 0. The summed E-state index contributed by atoms with van der Waals surface area (Å²) in [4.78, 5) is 38.4. The first kappa shape index (κ1) is 79.4. The number of esters is 3. The Hall–Kier alpha value is -1.59. The highest BCUT2D eigenvalue weighted by atomic mass is 16.6. The zero-order valence-corrected chi connectivity index (χ0v) is 55.6. The van der Waals surface area contributed by atoms with E-state index in [9.17, 15) is 14.4 Å². The van der Waals surface area contributed by atoms with Gasteiger partial charge in [0.05, 0.1) is 0 Å². The molecule has 0 radical (unpaired) electrons. The number of unbranched alkanes of at least 4 members (excludes halogenated alkanes) is 60. The lowest BCUT2D eigenvalue weighted by Gasteiger charge is -2.18. The first-order valence-electron chi connectivity index (χ1n) is 37.5. The Balaban J connectivity index is 4.02.